The maximum Gasteiger partial charge on any atom is 0.261 e. The number of hydrogen-bond acceptors (Lipinski definition) is 2. The maximum atomic E-state index is 13.0. The van der Waals surface area contributed by atoms with Crippen molar-refractivity contribution in [1.82, 2.24) is 4.57 Å². The summed E-state index contributed by atoms with van der Waals surface area (Å²) in [5.41, 5.74) is 2.70. The van der Waals surface area contributed by atoms with E-state index in [2.05, 4.69) is 16.8 Å². The summed E-state index contributed by atoms with van der Waals surface area (Å²) in [7, 11) is 0. The van der Waals surface area contributed by atoms with Crippen LogP contribution in [-0.4, -0.2) is 10.5 Å². The van der Waals surface area contributed by atoms with E-state index in [4.69, 9.17) is 0 Å². The SMILES string of the molecule is CCCc1c(C(=O)Nc2ccccc2)c(=O)cc(C)n1CC1CCCCC1. The first kappa shape index (κ1) is 19.4. The van der Waals surface area contributed by atoms with Gasteiger partial charge in [0.15, 0.2) is 5.43 Å². The van der Waals surface area contributed by atoms with Crippen molar-refractivity contribution in [3.05, 3.63) is 63.6 Å². The van der Waals surface area contributed by atoms with Gasteiger partial charge in [-0.1, -0.05) is 50.8 Å². The number of hydrogen-bond donors (Lipinski definition) is 1. The first-order valence-electron chi connectivity index (χ1n) is 10.2. The minimum atomic E-state index is -0.299. The van der Waals surface area contributed by atoms with Gasteiger partial charge in [0.2, 0.25) is 0 Å². The van der Waals surface area contributed by atoms with Gasteiger partial charge in [-0.05, 0) is 44.2 Å². The molecule has 3 rings (SSSR count). The zero-order valence-electron chi connectivity index (χ0n) is 16.5. The summed E-state index contributed by atoms with van der Waals surface area (Å²) < 4.78 is 2.24. The first-order chi connectivity index (χ1) is 13.1. The summed E-state index contributed by atoms with van der Waals surface area (Å²) in [5, 5.41) is 2.90. The van der Waals surface area contributed by atoms with Crippen LogP contribution in [-0.2, 0) is 13.0 Å². The molecule has 2 aromatic rings. The third kappa shape index (κ3) is 4.68. The average Bonchev–Trinajstić information content (AvgIpc) is 2.66. The molecule has 144 valence electrons. The Morgan fingerprint density at radius 2 is 1.85 bits per heavy atom. The van der Waals surface area contributed by atoms with Gasteiger partial charge in [0, 0.05) is 29.7 Å². The van der Waals surface area contributed by atoms with Crippen molar-refractivity contribution in [2.75, 3.05) is 5.32 Å². The van der Waals surface area contributed by atoms with Gasteiger partial charge in [-0.25, -0.2) is 0 Å². The number of anilines is 1. The molecule has 0 atom stereocenters. The van der Waals surface area contributed by atoms with Gasteiger partial charge in [0.05, 0.1) is 0 Å². The number of benzene rings is 1. The predicted octanol–water partition coefficient (Wildman–Crippen LogP) is 4.94. The van der Waals surface area contributed by atoms with E-state index in [1.54, 1.807) is 6.07 Å². The Balaban J connectivity index is 1.97. The van der Waals surface area contributed by atoms with Crippen molar-refractivity contribution in [3.8, 4) is 0 Å². The lowest BCUT2D eigenvalue weighted by Crippen LogP contribution is -2.30. The number of para-hydroxylation sites is 1. The molecule has 0 bridgehead atoms. The summed E-state index contributed by atoms with van der Waals surface area (Å²) in [5.74, 6) is 0.340. The summed E-state index contributed by atoms with van der Waals surface area (Å²) >= 11 is 0. The van der Waals surface area contributed by atoms with E-state index in [0.717, 1.165) is 30.8 Å². The molecular formula is C23H30N2O2. The fourth-order valence-electron chi connectivity index (χ4n) is 4.17. The van der Waals surface area contributed by atoms with E-state index in [-0.39, 0.29) is 11.3 Å². The quantitative estimate of drug-likeness (QED) is 0.787. The van der Waals surface area contributed by atoms with Gasteiger partial charge < -0.3 is 9.88 Å². The van der Waals surface area contributed by atoms with Crippen molar-refractivity contribution in [2.45, 2.75) is 65.3 Å². The second-order valence-corrected chi connectivity index (χ2v) is 7.66. The highest BCUT2D eigenvalue weighted by Gasteiger charge is 2.22. The molecule has 1 N–H and O–H groups in total. The van der Waals surface area contributed by atoms with E-state index in [9.17, 15) is 9.59 Å². The van der Waals surface area contributed by atoms with E-state index in [0.29, 0.717) is 17.2 Å². The zero-order valence-corrected chi connectivity index (χ0v) is 16.5. The first-order valence-corrected chi connectivity index (χ1v) is 10.2. The monoisotopic (exact) mass is 366 g/mol. The van der Waals surface area contributed by atoms with Gasteiger partial charge in [0.25, 0.3) is 5.91 Å². The van der Waals surface area contributed by atoms with Crippen molar-refractivity contribution in [3.63, 3.8) is 0 Å². The Morgan fingerprint density at radius 3 is 2.52 bits per heavy atom. The number of aromatic nitrogens is 1. The molecule has 0 saturated heterocycles. The summed E-state index contributed by atoms with van der Waals surface area (Å²) in [6.07, 6.45) is 8.01. The average molecular weight is 367 g/mol. The van der Waals surface area contributed by atoms with Crippen LogP contribution >= 0.6 is 0 Å². The lowest BCUT2D eigenvalue weighted by atomic mass is 9.89. The Kier molecular flexibility index (Phi) is 6.49. The number of aryl methyl sites for hydroxylation is 1. The lowest BCUT2D eigenvalue weighted by Gasteiger charge is -2.27. The zero-order chi connectivity index (χ0) is 19.2. The molecule has 0 radical (unpaired) electrons. The molecule has 0 unspecified atom stereocenters. The Hall–Kier alpha value is -2.36. The van der Waals surface area contributed by atoms with Crippen LogP contribution < -0.4 is 10.7 Å². The van der Waals surface area contributed by atoms with Crippen LogP contribution in [0.1, 0.15) is 67.2 Å². The molecule has 1 saturated carbocycles. The molecule has 1 aromatic carbocycles. The van der Waals surface area contributed by atoms with Gasteiger partial charge in [0.1, 0.15) is 5.56 Å². The highest BCUT2D eigenvalue weighted by atomic mass is 16.2. The van der Waals surface area contributed by atoms with Crippen molar-refractivity contribution >= 4 is 11.6 Å². The molecule has 1 fully saturated rings. The summed E-state index contributed by atoms with van der Waals surface area (Å²) in [4.78, 5) is 25.7. The Bertz CT molecular complexity index is 833. The normalized spacial score (nSPS) is 14.9. The standard InChI is InChI=1S/C23H30N2O2/c1-3-10-20-22(23(27)24-19-13-8-5-9-14-19)21(26)15-17(2)25(20)16-18-11-6-4-7-12-18/h5,8-9,13-15,18H,3-4,6-7,10-12,16H2,1-2H3,(H,24,27). The number of pyridine rings is 1. The van der Waals surface area contributed by atoms with Crippen molar-refractivity contribution < 1.29 is 4.79 Å². The van der Waals surface area contributed by atoms with Crippen LogP contribution in [0.3, 0.4) is 0 Å². The predicted molar refractivity (Wildman–Crippen MR) is 110 cm³/mol. The number of nitrogens with zero attached hydrogens (tertiary/aromatic N) is 1. The van der Waals surface area contributed by atoms with E-state index in [1.165, 1.54) is 32.1 Å². The number of amides is 1. The second kappa shape index (κ2) is 9.03. The summed E-state index contributed by atoms with van der Waals surface area (Å²) in [6.45, 7) is 4.99. The Labute approximate surface area is 161 Å². The fourth-order valence-corrected chi connectivity index (χ4v) is 4.17. The van der Waals surface area contributed by atoms with Crippen LogP contribution in [0, 0.1) is 12.8 Å². The smallest absolute Gasteiger partial charge is 0.261 e. The van der Waals surface area contributed by atoms with E-state index in [1.807, 2.05) is 37.3 Å². The molecule has 1 heterocycles. The number of carbonyl (C=O) groups is 1. The maximum absolute atomic E-state index is 13.0. The molecule has 4 nitrogen and oxygen atoms in total. The third-order valence-electron chi connectivity index (χ3n) is 5.54. The van der Waals surface area contributed by atoms with Gasteiger partial charge in [-0.15, -0.1) is 0 Å². The topological polar surface area (TPSA) is 51.1 Å². The number of carbonyl (C=O) groups excluding carboxylic acids is 1. The highest BCUT2D eigenvalue weighted by Crippen LogP contribution is 2.26. The molecule has 27 heavy (non-hydrogen) atoms. The van der Waals surface area contributed by atoms with Crippen LogP contribution in [0.4, 0.5) is 5.69 Å². The van der Waals surface area contributed by atoms with Crippen LogP contribution in [0.2, 0.25) is 0 Å². The van der Waals surface area contributed by atoms with Gasteiger partial charge in [-0.3, -0.25) is 9.59 Å². The highest BCUT2D eigenvalue weighted by molar-refractivity contribution is 6.05. The Morgan fingerprint density at radius 1 is 1.15 bits per heavy atom. The molecule has 1 aliphatic carbocycles. The molecule has 1 amide bonds. The van der Waals surface area contributed by atoms with Crippen molar-refractivity contribution in [2.24, 2.45) is 5.92 Å². The largest absolute Gasteiger partial charge is 0.348 e. The fraction of sp³-hybridized carbons (Fsp3) is 0.478. The molecule has 4 heteroatoms. The van der Waals surface area contributed by atoms with E-state index >= 15 is 0 Å². The third-order valence-corrected chi connectivity index (χ3v) is 5.54. The lowest BCUT2D eigenvalue weighted by molar-refractivity contribution is 0.102. The molecule has 0 aliphatic heterocycles. The second-order valence-electron chi connectivity index (χ2n) is 7.66. The van der Waals surface area contributed by atoms with E-state index < -0.39 is 0 Å². The van der Waals surface area contributed by atoms with Gasteiger partial charge >= 0.3 is 0 Å². The molecule has 1 aliphatic rings. The van der Waals surface area contributed by atoms with Gasteiger partial charge in [-0.2, -0.15) is 0 Å². The molecule has 1 aromatic heterocycles. The minimum absolute atomic E-state index is 0.177. The summed E-state index contributed by atoms with van der Waals surface area (Å²) in [6, 6.07) is 11.0. The number of nitrogens with one attached hydrogen (secondary N) is 1. The molecule has 0 spiro atoms. The van der Waals surface area contributed by atoms with Crippen LogP contribution in [0.15, 0.2) is 41.2 Å². The molecular weight excluding hydrogens is 336 g/mol. The van der Waals surface area contributed by atoms with Crippen LogP contribution in [0.25, 0.3) is 0 Å². The van der Waals surface area contributed by atoms with Crippen LogP contribution in [0.5, 0.6) is 0 Å². The number of rotatable bonds is 6. The van der Waals surface area contributed by atoms with Crippen molar-refractivity contribution in [1.29, 1.82) is 0 Å². The minimum Gasteiger partial charge on any atom is -0.348 e.